The maximum absolute atomic E-state index is 11.6. The number of allylic oxidation sites excluding steroid dienone is 1. The van der Waals surface area contributed by atoms with Gasteiger partial charge in [-0.15, -0.1) is 11.3 Å². The minimum absolute atomic E-state index is 0.331. The molecule has 0 saturated carbocycles. The van der Waals surface area contributed by atoms with E-state index in [2.05, 4.69) is 11.9 Å². The fourth-order valence-corrected chi connectivity index (χ4v) is 4.10. The van der Waals surface area contributed by atoms with Crippen LogP contribution >= 0.6 is 11.3 Å². The molecule has 1 amide bonds. The molecular weight excluding hydrogens is 336 g/mol. The number of carboxylic acid groups (broad SMARTS) is 1. The Morgan fingerprint density at radius 3 is 2.96 bits per heavy atom. The minimum Gasteiger partial charge on any atom is -0.465 e. The number of amides is 1. The Morgan fingerprint density at radius 1 is 1.40 bits per heavy atom. The Hall–Kier alpha value is -2.67. The van der Waals surface area contributed by atoms with Crippen LogP contribution in [0.3, 0.4) is 0 Å². The van der Waals surface area contributed by atoms with Crippen molar-refractivity contribution in [2.45, 2.75) is 13.3 Å². The predicted octanol–water partition coefficient (Wildman–Crippen LogP) is 4.06. The molecule has 0 spiro atoms. The monoisotopic (exact) mass is 354 g/mol. The van der Waals surface area contributed by atoms with E-state index in [0.717, 1.165) is 38.7 Å². The van der Waals surface area contributed by atoms with E-state index in [1.54, 1.807) is 17.5 Å². The highest BCUT2D eigenvalue weighted by Crippen LogP contribution is 2.33. The molecular formula is C18H18N4O2S. The maximum Gasteiger partial charge on any atom is 0.411 e. The van der Waals surface area contributed by atoms with Crippen LogP contribution in [0.15, 0.2) is 36.7 Å². The van der Waals surface area contributed by atoms with E-state index in [4.69, 9.17) is 4.98 Å². The molecule has 0 unspecified atom stereocenters. The van der Waals surface area contributed by atoms with Gasteiger partial charge in [-0.25, -0.2) is 14.8 Å². The van der Waals surface area contributed by atoms with Crippen LogP contribution in [0.25, 0.3) is 26.7 Å². The molecule has 128 valence electrons. The lowest BCUT2D eigenvalue weighted by atomic mass is 9.98. The summed E-state index contributed by atoms with van der Waals surface area (Å²) in [5.41, 5.74) is 2.50. The number of thiazole rings is 1. The first kappa shape index (κ1) is 15.8. The number of fused-ring (bicyclic) bond motifs is 1. The number of carbonyl (C=O) groups is 1. The zero-order valence-corrected chi connectivity index (χ0v) is 14.8. The molecule has 0 bridgehead atoms. The topological polar surface area (TPSA) is 71.2 Å². The van der Waals surface area contributed by atoms with Gasteiger partial charge < -0.3 is 9.67 Å². The van der Waals surface area contributed by atoms with Crippen LogP contribution in [0.2, 0.25) is 0 Å². The van der Waals surface area contributed by atoms with E-state index in [-0.39, 0.29) is 0 Å². The smallest absolute Gasteiger partial charge is 0.411 e. The van der Waals surface area contributed by atoms with Crippen LogP contribution in [-0.4, -0.2) is 37.2 Å². The molecule has 3 heterocycles. The number of rotatable bonds is 2. The lowest BCUT2D eigenvalue weighted by molar-refractivity contribution is 0.159. The summed E-state index contributed by atoms with van der Waals surface area (Å²) in [5, 5.41) is 10.4. The van der Waals surface area contributed by atoms with E-state index >= 15 is 0 Å². The predicted molar refractivity (Wildman–Crippen MR) is 98.3 cm³/mol. The van der Waals surface area contributed by atoms with E-state index in [1.807, 2.05) is 42.1 Å². The van der Waals surface area contributed by atoms with Crippen molar-refractivity contribution >= 4 is 33.3 Å². The Labute approximate surface area is 149 Å². The molecule has 1 aliphatic heterocycles. The number of aromatic nitrogens is 3. The van der Waals surface area contributed by atoms with Crippen LogP contribution in [0.4, 0.5) is 4.79 Å². The molecule has 3 aromatic rings. The first-order chi connectivity index (χ1) is 12.0. The summed E-state index contributed by atoms with van der Waals surface area (Å²) < 4.78 is 3.00. The lowest BCUT2D eigenvalue weighted by Crippen LogP contribution is -2.34. The van der Waals surface area contributed by atoms with Crippen molar-refractivity contribution in [1.82, 2.24) is 19.4 Å². The molecule has 4 rings (SSSR count). The van der Waals surface area contributed by atoms with Crippen LogP contribution in [0.5, 0.6) is 0 Å². The first-order valence-electron chi connectivity index (χ1n) is 8.12. The van der Waals surface area contributed by atoms with Crippen LogP contribution in [0.1, 0.15) is 18.9 Å². The molecule has 7 heteroatoms. The summed E-state index contributed by atoms with van der Waals surface area (Å²) in [5.74, 6) is 1.17. The molecule has 1 aromatic carbocycles. The van der Waals surface area contributed by atoms with Gasteiger partial charge in [-0.05, 0) is 24.5 Å². The van der Waals surface area contributed by atoms with E-state index in [1.165, 1.54) is 4.90 Å². The van der Waals surface area contributed by atoms with Gasteiger partial charge in [0.2, 0.25) is 0 Å². The van der Waals surface area contributed by atoms with Crippen molar-refractivity contribution in [2.75, 3.05) is 6.54 Å². The van der Waals surface area contributed by atoms with Gasteiger partial charge in [0.05, 0.1) is 15.9 Å². The number of benzene rings is 1. The van der Waals surface area contributed by atoms with Gasteiger partial charge in [-0.1, -0.05) is 19.1 Å². The summed E-state index contributed by atoms with van der Waals surface area (Å²) in [6, 6.07) is 5.95. The summed E-state index contributed by atoms with van der Waals surface area (Å²) in [6.07, 6.45) is 5.63. The lowest BCUT2D eigenvalue weighted by Gasteiger charge is -2.29. The highest BCUT2D eigenvalue weighted by atomic mass is 32.1. The summed E-state index contributed by atoms with van der Waals surface area (Å²) in [7, 11) is 1.94. The van der Waals surface area contributed by atoms with Crippen LogP contribution in [-0.2, 0) is 7.05 Å². The normalized spacial score (nSPS) is 17.8. The second-order valence-corrected chi connectivity index (χ2v) is 7.42. The van der Waals surface area contributed by atoms with E-state index < -0.39 is 6.09 Å². The minimum atomic E-state index is -0.912. The van der Waals surface area contributed by atoms with Gasteiger partial charge in [0, 0.05) is 31.5 Å². The van der Waals surface area contributed by atoms with Gasteiger partial charge >= 0.3 is 6.09 Å². The van der Waals surface area contributed by atoms with Crippen molar-refractivity contribution in [3.8, 4) is 10.8 Å². The van der Waals surface area contributed by atoms with Gasteiger partial charge in [0.25, 0.3) is 0 Å². The van der Waals surface area contributed by atoms with Crippen LogP contribution in [0, 0.1) is 5.92 Å². The summed E-state index contributed by atoms with van der Waals surface area (Å²) in [4.78, 5) is 22.1. The van der Waals surface area contributed by atoms with Gasteiger partial charge in [0.1, 0.15) is 0 Å². The van der Waals surface area contributed by atoms with Gasteiger partial charge in [0.15, 0.2) is 10.8 Å². The molecule has 1 N–H and O–H groups in total. The van der Waals surface area contributed by atoms with Crippen molar-refractivity contribution in [2.24, 2.45) is 13.0 Å². The average molecular weight is 354 g/mol. The fourth-order valence-electron chi connectivity index (χ4n) is 3.12. The Bertz CT molecular complexity index is 988. The molecule has 2 aromatic heterocycles. The first-order valence-corrected chi connectivity index (χ1v) is 8.94. The third-order valence-corrected chi connectivity index (χ3v) is 5.46. The molecule has 1 aliphatic rings. The molecule has 0 aliphatic carbocycles. The van der Waals surface area contributed by atoms with Crippen molar-refractivity contribution in [3.63, 3.8) is 0 Å². The van der Waals surface area contributed by atoms with Crippen molar-refractivity contribution < 1.29 is 9.90 Å². The Morgan fingerprint density at radius 2 is 2.24 bits per heavy atom. The summed E-state index contributed by atoms with van der Waals surface area (Å²) >= 11 is 1.59. The molecule has 0 saturated heterocycles. The Kier molecular flexibility index (Phi) is 3.80. The largest absolute Gasteiger partial charge is 0.465 e. The van der Waals surface area contributed by atoms with Crippen molar-refractivity contribution in [3.05, 3.63) is 42.2 Å². The third kappa shape index (κ3) is 2.80. The average Bonchev–Trinajstić information content (AvgIpc) is 3.19. The molecule has 1 atom stereocenters. The standard InChI is InChI=1S/C18H18N4O2S/c1-11-3-5-14(22(10-11)18(23)24)12-4-6-15-13(9-12)20-17(25-15)16-19-7-8-21(16)2/h4-9,11H,3,10H2,1-2H3,(H,23,24)/t11-/m0/s1. The molecule has 0 radical (unpaired) electrons. The number of aryl methyl sites for hydroxylation is 1. The zero-order chi connectivity index (χ0) is 17.6. The Balaban J connectivity index is 1.76. The zero-order valence-electron chi connectivity index (χ0n) is 14.0. The summed E-state index contributed by atoms with van der Waals surface area (Å²) in [6.45, 7) is 2.58. The highest BCUT2D eigenvalue weighted by Gasteiger charge is 2.25. The number of hydrogen-bond acceptors (Lipinski definition) is 4. The second kappa shape index (κ2) is 6.00. The molecule has 25 heavy (non-hydrogen) atoms. The number of nitrogens with zero attached hydrogens (tertiary/aromatic N) is 4. The quantitative estimate of drug-likeness (QED) is 0.753. The molecule has 0 fully saturated rings. The van der Waals surface area contributed by atoms with Crippen molar-refractivity contribution in [1.29, 1.82) is 0 Å². The maximum atomic E-state index is 11.6. The third-order valence-electron chi connectivity index (χ3n) is 4.43. The number of imidazole rings is 1. The second-order valence-electron chi connectivity index (χ2n) is 6.39. The van der Waals surface area contributed by atoms with E-state index in [9.17, 15) is 9.90 Å². The van der Waals surface area contributed by atoms with E-state index in [0.29, 0.717) is 12.5 Å². The van der Waals surface area contributed by atoms with Crippen LogP contribution < -0.4 is 0 Å². The van der Waals surface area contributed by atoms with Gasteiger partial charge in [-0.2, -0.15) is 0 Å². The molecule has 6 nitrogen and oxygen atoms in total. The fraction of sp³-hybridized carbons (Fsp3) is 0.278. The number of hydrogen-bond donors (Lipinski definition) is 1. The SMILES string of the molecule is C[C@H]1CC=C(c2ccc3sc(-c4nccn4C)nc3c2)N(C(=O)O)C1. The van der Waals surface area contributed by atoms with Gasteiger partial charge in [-0.3, -0.25) is 4.90 Å². The highest BCUT2D eigenvalue weighted by molar-refractivity contribution is 7.21.